The van der Waals surface area contributed by atoms with Crippen molar-refractivity contribution in [2.45, 2.75) is 12.5 Å². The van der Waals surface area contributed by atoms with E-state index < -0.39 is 10.0 Å². The first-order chi connectivity index (χ1) is 12.0. The lowest BCUT2D eigenvalue weighted by atomic mass is 9.99. The van der Waals surface area contributed by atoms with Crippen molar-refractivity contribution in [3.63, 3.8) is 0 Å². The fourth-order valence-corrected chi connectivity index (χ4v) is 3.94. The Labute approximate surface area is 145 Å². The highest BCUT2D eigenvalue weighted by atomic mass is 32.2. The highest BCUT2D eigenvalue weighted by Crippen LogP contribution is 2.34. The molecule has 0 spiro atoms. The topological polar surface area (TPSA) is 75.5 Å². The summed E-state index contributed by atoms with van der Waals surface area (Å²) < 4.78 is 25.6. The van der Waals surface area contributed by atoms with Crippen LogP contribution in [0.25, 0.3) is 11.0 Å². The molecule has 4 rings (SSSR count). The summed E-state index contributed by atoms with van der Waals surface area (Å²) in [6, 6.07) is 14.9. The molecule has 0 amide bonds. The zero-order valence-electron chi connectivity index (χ0n) is 13.6. The molecule has 6 nitrogen and oxygen atoms in total. The molecule has 3 aromatic rings. The molecule has 7 heteroatoms. The predicted octanol–water partition coefficient (Wildman–Crippen LogP) is 2.74. The fraction of sp³-hybridized carbons (Fsp3) is 0.167. The predicted molar refractivity (Wildman–Crippen MR) is 96.6 cm³/mol. The standard InChI is InChI=1S/C18H16N4O2S/c1-25(23,24)22-18(13-5-3-2-4-6-13)12-16(21-22)14-7-8-15-17(11-14)20-10-9-19-15/h2-11,18H,12H2,1H3/t18-/m0/s1. The van der Waals surface area contributed by atoms with Crippen molar-refractivity contribution in [1.82, 2.24) is 14.4 Å². The summed E-state index contributed by atoms with van der Waals surface area (Å²) in [6.07, 6.45) is 4.98. The van der Waals surface area contributed by atoms with Crippen LogP contribution in [0.4, 0.5) is 0 Å². The molecule has 1 aliphatic heterocycles. The molecule has 1 aromatic heterocycles. The fourth-order valence-electron chi connectivity index (χ4n) is 3.03. The van der Waals surface area contributed by atoms with Crippen LogP contribution >= 0.6 is 0 Å². The van der Waals surface area contributed by atoms with Crippen LogP contribution in [0.5, 0.6) is 0 Å². The van der Waals surface area contributed by atoms with E-state index in [1.165, 1.54) is 10.7 Å². The van der Waals surface area contributed by atoms with E-state index in [1.54, 1.807) is 12.4 Å². The van der Waals surface area contributed by atoms with Gasteiger partial charge >= 0.3 is 0 Å². The number of nitrogens with zero attached hydrogens (tertiary/aromatic N) is 4. The molecule has 2 aromatic carbocycles. The van der Waals surface area contributed by atoms with Crippen molar-refractivity contribution < 1.29 is 8.42 Å². The van der Waals surface area contributed by atoms with Crippen LogP contribution in [-0.4, -0.2) is 34.8 Å². The van der Waals surface area contributed by atoms with Gasteiger partial charge in [0.1, 0.15) is 0 Å². The minimum atomic E-state index is -3.47. The van der Waals surface area contributed by atoms with Gasteiger partial charge in [0, 0.05) is 24.4 Å². The number of rotatable bonds is 3. The number of hydrogen-bond acceptors (Lipinski definition) is 5. The highest BCUT2D eigenvalue weighted by molar-refractivity contribution is 7.88. The number of hydrogen-bond donors (Lipinski definition) is 0. The highest BCUT2D eigenvalue weighted by Gasteiger charge is 2.34. The summed E-state index contributed by atoms with van der Waals surface area (Å²) in [5, 5.41) is 4.41. The maximum atomic E-state index is 12.2. The van der Waals surface area contributed by atoms with Gasteiger partial charge in [0.2, 0.25) is 10.0 Å². The average Bonchev–Trinajstić information content (AvgIpc) is 3.08. The molecular formula is C18H16N4O2S. The molecule has 0 unspecified atom stereocenters. The molecule has 0 fully saturated rings. The zero-order valence-corrected chi connectivity index (χ0v) is 14.4. The maximum absolute atomic E-state index is 12.2. The third-order valence-electron chi connectivity index (χ3n) is 4.20. The first-order valence-electron chi connectivity index (χ1n) is 7.85. The molecule has 0 aliphatic carbocycles. The summed E-state index contributed by atoms with van der Waals surface area (Å²) in [7, 11) is -3.47. The SMILES string of the molecule is CS(=O)(=O)N1N=C(c2ccc3nccnc3c2)C[C@H]1c1ccccc1. The van der Waals surface area contributed by atoms with Crippen LogP contribution < -0.4 is 0 Å². The molecule has 0 bridgehead atoms. The average molecular weight is 352 g/mol. The molecule has 0 saturated heterocycles. The number of aromatic nitrogens is 2. The Balaban J connectivity index is 1.77. The van der Waals surface area contributed by atoms with Gasteiger partial charge in [-0.05, 0) is 17.7 Å². The second-order valence-corrected chi connectivity index (χ2v) is 7.81. The van der Waals surface area contributed by atoms with Crippen LogP contribution in [0.1, 0.15) is 23.6 Å². The van der Waals surface area contributed by atoms with Gasteiger partial charge in [-0.3, -0.25) is 9.97 Å². The number of benzene rings is 2. The second kappa shape index (κ2) is 5.93. The monoisotopic (exact) mass is 352 g/mol. The van der Waals surface area contributed by atoms with Crippen LogP contribution in [-0.2, 0) is 10.0 Å². The lowest BCUT2D eigenvalue weighted by molar-refractivity contribution is 0.375. The van der Waals surface area contributed by atoms with Gasteiger partial charge in [0.15, 0.2) is 0 Å². The van der Waals surface area contributed by atoms with Crippen LogP contribution in [0.15, 0.2) is 66.0 Å². The second-order valence-electron chi connectivity index (χ2n) is 5.97. The summed E-state index contributed by atoms with van der Waals surface area (Å²) in [6.45, 7) is 0. The van der Waals surface area contributed by atoms with Crippen LogP contribution in [0.3, 0.4) is 0 Å². The lowest BCUT2D eigenvalue weighted by Crippen LogP contribution is -2.25. The summed E-state index contributed by atoms with van der Waals surface area (Å²) >= 11 is 0. The van der Waals surface area contributed by atoms with Gasteiger partial charge in [0.05, 0.1) is 29.0 Å². The Morgan fingerprint density at radius 3 is 2.44 bits per heavy atom. The molecule has 1 atom stereocenters. The summed E-state index contributed by atoms with van der Waals surface area (Å²) in [5.74, 6) is 0. The smallest absolute Gasteiger partial charge is 0.247 e. The third kappa shape index (κ3) is 2.98. The van der Waals surface area contributed by atoms with E-state index in [-0.39, 0.29) is 6.04 Å². The van der Waals surface area contributed by atoms with Gasteiger partial charge in [-0.25, -0.2) is 8.42 Å². The van der Waals surface area contributed by atoms with Gasteiger partial charge in [-0.2, -0.15) is 9.52 Å². The minimum Gasteiger partial charge on any atom is -0.253 e. The number of hydrazone groups is 1. The third-order valence-corrected chi connectivity index (χ3v) is 5.21. The van der Waals surface area contributed by atoms with E-state index >= 15 is 0 Å². The van der Waals surface area contributed by atoms with Gasteiger partial charge < -0.3 is 0 Å². The zero-order chi connectivity index (χ0) is 17.4. The van der Waals surface area contributed by atoms with Gasteiger partial charge in [0.25, 0.3) is 0 Å². The molecule has 1 aliphatic rings. The Kier molecular flexibility index (Phi) is 3.73. The van der Waals surface area contributed by atoms with Crippen LogP contribution in [0.2, 0.25) is 0 Å². The Morgan fingerprint density at radius 1 is 1.00 bits per heavy atom. The van der Waals surface area contributed by atoms with E-state index in [9.17, 15) is 8.42 Å². The summed E-state index contributed by atoms with van der Waals surface area (Å²) in [4.78, 5) is 8.57. The quantitative estimate of drug-likeness (QED) is 0.726. The van der Waals surface area contributed by atoms with Crippen molar-refractivity contribution in [2.24, 2.45) is 5.10 Å². The molecule has 0 N–H and O–H groups in total. The molecule has 0 saturated carbocycles. The Hall–Kier alpha value is -2.80. The molecule has 0 radical (unpaired) electrons. The Bertz CT molecular complexity index is 1060. The number of sulfonamides is 1. The molecule has 126 valence electrons. The largest absolute Gasteiger partial charge is 0.253 e. The van der Waals surface area contributed by atoms with E-state index in [4.69, 9.17) is 0 Å². The van der Waals surface area contributed by atoms with E-state index in [0.29, 0.717) is 6.42 Å². The molecule has 2 heterocycles. The Morgan fingerprint density at radius 2 is 1.72 bits per heavy atom. The maximum Gasteiger partial charge on any atom is 0.247 e. The normalized spacial score (nSPS) is 17.7. The molecule has 25 heavy (non-hydrogen) atoms. The first-order valence-corrected chi connectivity index (χ1v) is 9.70. The lowest BCUT2D eigenvalue weighted by Gasteiger charge is -2.21. The minimum absolute atomic E-state index is 0.330. The number of fused-ring (bicyclic) bond motifs is 1. The van der Waals surface area contributed by atoms with Crippen LogP contribution in [0, 0.1) is 0 Å². The summed E-state index contributed by atoms with van der Waals surface area (Å²) in [5.41, 5.74) is 4.07. The molecular weight excluding hydrogens is 336 g/mol. The van der Waals surface area contributed by atoms with E-state index in [2.05, 4.69) is 15.1 Å². The van der Waals surface area contributed by atoms with Crippen molar-refractivity contribution in [2.75, 3.05) is 6.26 Å². The van der Waals surface area contributed by atoms with Gasteiger partial charge in [-0.1, -0.05) is 36.4 Å². The van der Waals surface area contributed by atoms with Gasteiger partial charge in [-0.15, -0.1) is 0 Å². The first kappa shape index (κ1) is 15.7. The van der Waals surface area contributed by atoms with Crippen molar-refractivity contribution in [1.29, 1.82) is 0 Å². The van der Waals surface area contributed by atoms with Crippen molar-refractivity contribution in [3.05, 3.63) is 72.1 Å². The van der Waals surface area contributed by atoms with E-state index in [1.807, 2.05) is 48.5 Å². The van der Waals surface area contributed by atoms with Crippen molar-refractivity contribution in [3.8, 4) is 0 Å². The van der Waals surface area contributed by atoms with E-state index in [0.717, 1.165) is 27.9 Å². The van der Waals surface area contributed by atoms with Crippen molar-refractivity contribution >= 4 is 26.8 Å².